The quantitative estimate of drug-likeness (QED) is 0.416. The van der Waals surface area contributed by atoms with Crippen LogP contribution in [0.1, 0.15) is 5.56 Å². The Labute approximate surface area is 142 Å². The van der Waals surface area contributed by atoms with Crippen molar-refractivity contribution < 1.29 is 0 Å². The minimum Gasteiger partial charge on any atom is -0.290 e. The Bertz CT molecular complexity index is 1140. The van der Waals surface area contributed by atoms with E-state index in [1.54, 1.807) is 24.0 Å². The van der Waals surface area contributed by atoms with Crippen LogP contribution < -0.4 is 5.56 Å². The van der Waals surface area contributed by atoms with Crippen molar-refractivity contribution in [3.05, 3.63) is 64.7 Å². The summed E-state index contributed by atoms with van der Waals surface area (Å²) >= 11 is 1.38. The predicted molar refractivity (Wildman–Crippen MR) is 95.4 cm³/mol. The van der Waals surface area contributed by atoms with Gasteiger partial charge in [-0.2, -0.15) is 0 Å². The molecular formula is C18H14N4OS. The van der Waals surface area contributed by atoms with E-state index >= 15 is 0 Å². The molecule has 24 heavy (non-hydrogen) atoms. The van der Waals surface area contributed by atoms with E-state index in [-0.39, 0.29) is 5.56 Å². The third kappa shape index (κ3) is 2.45. The van der Waals surface area contributed by atoms with Crippen LogP contribution in [0, 0.1) is 6.92 Å². The number of benzene rings is 2. The SMILES string of the molecule is Cc1ccc2ncnc(Sc3nc4ccccc4c(=O)n3C)c2c1. The van der Waals surface area contributed by atoms with Gasteiger partial charge in [0.2, 0.25) is 0 Å². The van der Waals surface area contributed by atoms with E-state index < -0.39 is 0 Å². The highest BCUT2D eigenvalue weighted by atomic mass is 32.2. The number of hydrogen-bond donors (Lipinski definition) is 0. The average Bonchev–Trinajstić information content (AvgIpc) is 2.60. The molecule has 2 heterocycles. The highest BCUT2D eigenvalue weighted by Gasteiger charge is 2.12. The molecule has 4 aromatic rings. The van der Waals surface area contributed by atoms with E-state index in [0.717, 1.165) is 21.5 Å². The van der Waals surface area contributed by atoms with Crippen LogP contribution in [-0.4, -0.2) is 19.5 Å². The van der Waals surface area contributed by atoms with Crippen LogP contribution in [0.3, 0.4) is 0 Å². The lowest BCUT2D eigenvalue weighted by Crippen LogP contribution is -2.19. The number of rotatable bonds is 2. The summed E-state index contributed by atoms with van der Waals surface area (Å²) in [5.74, 6) is 0. The molecule has 6 heteroatoms. The fourth-order valence-corrected chi connectivity index (χ4v) is 3.51. The summed E-state index contributed by atoms with van der Waals surface area (Å²) in [5, 5.41) is 2.99. The molecule has 0 aliphatic rings. The van der Waals surface area contributed by atoms with Crippen molar-refractivity contribution in [1.82, 2.24) is 19.5 Å². The van der Waals surface area contributed by atoms with Gasteiger partial charge in [0.25, 0.3) is 5.56 Å². The highest BCUT2D eigenvalue weighted by molar-refractivity contribution is 7.99. The molecule has 2 aromatic heterocycles. The lowest BCUT2D eigenvalue weighted by Gasteiger charge is -2.09. The number of fused-ring (bicyclic) bond motifs is 2. The molecular weight excluding hydrogens is 320 g/mol. The number of aryl methyl sites for hydroxylation is 1. The molecule has 0 amide bonds. The van der Waals surface area contributed by atoms with Crippen molar-refractivity contribution in [2.75, 3.05) is 0 Å². The Morgan fingerprint density at radius 2 is 1.83 bits per heavy atom. The van der Waals surface area contributed by atoms with Crippen molar-refractivity contribution in [3.63, 3.8) is 0 Å². The Kier molecular flexibility index (Phi) is 3.54. The normalized spacial score (nSPS) is 11.2. The third-order valence-electron chi connectivity index (χ3n) is 3.88. The summed E-state index contributed by atoms with van der Waals surface area (Å²) in [6.07, 6.45) is 1.54. The number of para-hydroxylation sites is 1. The van der Waals surface area contributed by atoms with Crippen LogP contribution >= 0.6 is 11.8 Å². The predicted octanol–water partition coefficient (Wildman–Crippen LogP) is 3.34. The van der Waals surface area contributed by atoms with Gasteiger partial charge >= 0.3 is 0 Å². The molecule has 0 saturated heterocycles. The van der Waals surface area contributed by atoms with E-state index in [9.17, 15) is 4.79 Å². The Balaban J connectivity index is 1.90. The molecule has 5 nitrogen and oxygen atoms in total. The van der Waals surface area contributed by atoms with E-state index in [0.29, 0.717) is 16.1 Å². The largest absolute Gasteiger partial charge is 0.290 e. The first-order chi connectivity index (χ1) is 11.6. The number of hydrogen-bond acceptors (Lipinski definition) is 5. The lowest BCUT2D eigenvalue weighted by molar-refractivity contribution is 0.725. The summed E-state index contributed by atoms with van der Waals surface area (Å²) in [7, 11) is 1.73. The molecule has 0 aliphatic carbocycles. The van der Waals surface area contributed by atoms with E-state index in [1.165, 1.54) is 11.8 Å². The van der Waals surface area contributed by atoms with Crippen LogP contribution in [0.5, 0.6) is 0 Å². The van der Waals surface area contributed by atoms with Crippen LogP contribution in [0.25, 0.3) is 21.8 Å². The first-order valence-corrected chi connectivity index (χ1v) is 8.30. The third-order valence-corrected chi connectivity index (χ3v) is 4.95. The first-order valence-electron chi connectivity index (χ1n) is 7.48. The van der Waals surface area contributed by atoms with Gasteiger partial charge in [0.1, 0.15) is 11.4 Å². The molecule has 4 rings (SSSR count). The molecule has 0 fully saturated rings. The van der Waals surface area contributed by atoms with Crippen molar-refractivity contribution in [1.29, 1.82) is 0 Å². The summed E-state index contributed by atoms with van der Waals surface area (Å²) in [4.78, 5) is 25.9. The van der Waals surface area contributed by atoms with Gasteiger partial charge in [-0.15, -0.1) is 0 Å². The Morgan fingerprint density at radius 1 is 1.00 bits per heavy atom. The van der Waals surface area contributed by atoms with Crippen molar-refractivity contribution >= 4 is 33.6 Å². The number of nitrogens with zero attached hydrogens (tertiary/aromatic N) is 4. The van der Waals surface area contributed by atoms with Gasteiger partial charge in [0.15, 0.2) is 5.16 Å². The molecule has 2 aromatic carbocycles. The van der Waals surface area contributed by atoms with Gasteiger partial charge in [0, 0.05) is 12.4 Å². The standard InChI is InChI=1S/C18H14N4OS/c1-11-7-8-14-13(9-11)16(20-10-19-14)24-18-21-15-6-4-3-5-12(15)17(23)22(18)2/h3-10H,1-2H3. The Hall–Kier alpha value is -2.73. The topological polar surface area (TPSA) is 60.7 Å². The maximum absolute atomic E-state index is 12.5. The second kappa shape index (κ2) is 5.72. The number of aromatic nitrogens is 4. The van der Waals surface area contributed by atoms with Crippen molar-refractivity contribution in [2.24, 2.45) is 7.05 Å². The van der Waals surface area contributed by atoms with E-state index in [2.05, 4.69) is 21.0 Å². The van der Waals surface area contributed by atoms with Gasteiger partial charge in [-0.3, -0.25) is 9.36 Å². The summed E-state index contributed by atoms with van der Waals surface area (Å²) < 4.78 is 1.57. The maximum atomic E-state index is 12.5. The molecule has 0 N–H and O–H groups in total. The first kappa shape index (κ1) is 14.8. The van der Waals surface area contributed by atoms with Gasteiger partial charge in [-0.05, 0) is 43.0 Å². The van der Waals surface area contributed by atoms with E-state index in [4.69, 9.17) is 0 Å². The fraction of sp³-hybridized carbons (Fsp3) is 0.111. The Morgan fingerprint density at radius 3 is 2.71 bits per heavy atom. The van der Waals surface area contributed by atoms with Crippen LogP contribution in [-0.2, 0) is 7.05 Å². The summed E-state index contributed by atoms with van der Waals surface area (Å²) in [6.45, 7) is 2.03. The molecule has 0 spiro atoms. The second-order valence-corrected chi connectivity index (χ2v) is 6.53. The van der Waals surface area contributed by atoms with Crippen LogP contribution in [0.4, 0.5) is 0 Å². The molecule has 118 valence electrons. The van der Waals surface area contributed by atoms with Gasteiger partial charge < -0.3 is 0 Å². The lowest BCUT2D eigenvalue weighted by atomic mass is 10.2. The van der Waals surface area contributed by atoms with Gasteiger partial charge in [-0.1, -0.05) is 23.8 Å². The van der Waals surface area contributed by atoms with Crippen molar-refractivity contribution in [3.8, 4) is 0 Å². The van der Waals surface area contributed by atoms with Crippen molar-refractivity contribution in [2.45, 2.75) is 17.1 Å². The zero-order chi connectivity index (χ0) is 16.7. The highest BCUT2D eigenvalue weighted by Crippen LogP contribution is 2.30. The molecule has 0 aliphatic heterocycles. The van der Waals surface area contributed by atoms with Gasteiger partial charge in [-0.25, -0.2) is 15.0 Å². The monoisotopic (exact) mass is 334 g/mol. The second-order valence-electron chi connectivity index (χ2n) is 5.58. The minimum absolute atomic E-state index is 0.0577. The van der Waals surface area contributed by atoms with Crippen LogP contribution in [0.15, 0.2) is 63.8 Å². The molecule has 0 radical (unpaired) electrons. The van der Waals surface area contributed by atoms with Gasteiger partial charge in [0.05, 0.1) is 16.4 Å². The zero-order valence-corrected chi connectivity index (χ0v) is 14.0. The maximum Gasteiger partial charge on any atom is 0.261 e. The average molecular weight is 334 g/mol. The van der Waals surface area contributed by atoms with Crippen LogP contribution in [0.2, 0.25) is 0 Å². The summed E-state index contributed by atoms with van der Waals surface area (Å²) in [6, 6.07) is 13.4. The minimum atomic E-state index is -0.0577. The van der Waals surface area contributed by atoms with E-state index in [1.807, 2.05) is 37.3 Å². The molecule has 0 unspecified atom stereocenters. The molecule has 0 bridgehead atoms. The fourth-order valence-electron chi connectivity index (χ4n) is 2.60. The zero-order valence-electron chi connectivity index (χ0n) is 13.2. The molecule has 0 saturated carbocycles. The summed E-state index contributed by atoms with van der Waals surface area (Å²) in [5.41, 5.74) is 2.65. The smallest absolute Gasteiger partial charge is 0.261 e. The molecule has 0 atom stereocenters.